The monoisotopic (exact) mass is 375 g/mol. The summed E-state index contributed by atoms with van der Waals surface area (Å²) in [5.74, 6) is 0.843. The molecule has 4 rings (SSSR count). The van der Waals surface area contributed by atoms with Crippen LogP contribution in [0.15, 0.2) is 18.6 Å². The van der Waals surface area contributed by atoms with E-state index < -0.39 is 15.6 Å². The summed E-state index contributed by atoms with van der Waals surface area (Å²) < 4.78 is 28.8. The Hall–Kier alpha value is -2.22. The lowest BCUT2D eigenvalue weighted by Crippen LogP contribution is -2.62. The van der Waals surface area contributed by atoms with E-state index in [4.69, 9.17) is 5.26 Å². The van der Waals surface area contributed by atoms with E-state index in [-0.39, 0.29) is 25.2 Å². The van der Waals surface area contributed by atoms with Crippen LogP contribution in [0.1, 0.15) is 19.8 Å². The van der Waals surface area contributed by atoms with Gasteiger partial charge in [-0.25, -0.2) is 9.97 Å². The van der Waals surface area contributed by atoms with Gasteiger partial charge in [0.15, 0.2) is 0 Å². The Morgan fingerprint density at radius 3 is 2.85 bits per heavy atom. The lowest BCUT2D eigenvalue weighted by Gasteiger charge is -2.45. The Morgan fingerprint density at radius 1 is 1.42 bits per heavy atom. The number of aromatic nitrogens is 3. The average Bonchev–Trinajstić information content (AvgIpc) is 3.02. The van der Waals surface area contributed by atoms with Gasteiger partial charge in [-0.1, -0.05) is 0 Å². The summed E-state index contributed by atoms with van der Waals surface area (Å²) in [6, 6.07) is 4.23. The molecule has 2 aromatic rings. The van der Waals surface area contributed by atoms with Crippen LogP contribution in [0.2, 0.25) is 0 Å². The number of rotatable bonds is 5. The Balaban J connectivity index is 1.36. The SMILES string of the molecule is CN(c1ncnc2[nH]ccc12)C1CC(NS(=O)(=O)N2CC(C)(C#N)C2)C1. The fourth-order valence-corrected chi connectivity index (χ4v) is 5.24. The third-order valence-electron chi connectivity index (χ3n) is 5.30. The fraction of sp³-hybridized carbons (Fsp3) is 0.562. The zero-order chi connectivity index (χ0) is 18.5. The zero-order valence-corrected chi connectivity index (χ0v) is 15.5. The molecule has 1 aliphatic carbocycles. The molecule has 2 aliphatic rings. The van der Waals surface area contributed by atoms with Crippen molar-refractivity contribution < 1.29 is 8.42 Å². The Kier molecular flexibility index (Phi) is 3.91. The maximum absolute atomic E-state index is 12.4. The zero-order valence-electron chi connectivity index (χ0n) is 14.7. The van der Waals surface area contributed by atoms with E-state index in [9.17, 15) is 8.42 Å². The van der Waals surface area contributed by atoms with E-state index in [2.05, 4.69) is 30.6 Å². The van der Waals surface area contributed by atoms with E-state index in [1.165, 1.54) is 10.6 Å². The van der Waals surface area contributed by atoms with Crippen LogP contribution in [-0.2, 0) is 10.2 Å². The number of anilines is 1. The van der Waals surface area contributed by atoms with Gasteiger partial charge in [0.25, 0.3) is 10.2 Å². The van der Waals surface area contributed by atoms with Gasteiger partial charge in [0.2, 0.25) is 0 Å². The number of nitriles is 1. The topological polar surface area (TPSA) is 118 Å². The molecule has 0 aromatic carbocycles. The number of nitrogens with zero attached hydrogens (tertiary/aromatic N) is 5. The highest BCUT2D eigenvalue weighted by Gasteiger charge is 2.46. The molecule has 1 saturated heterocycles. The molecule has 0 bridgehead atoms. The molecule has 2 aromatic heterocycles. The molecule has 1 saturated carbocycles. The first-order chi connectivity index (χ1) is 12.3. The van der Waals surface area contributed by atoms with Crippen LogP contribution in [0, 0.1) is 16.7 Å². The number of nitrogens with one attached hydrogen (secondary N) is 2. The van der Waals surface area contributed by atoms with Crippen LogP contribution in [0.4, 0.5) is 5.82 Å². The molecule has 0 amide bonds. The normalized spacial score (nSPS) is 25.3. The first kappa shape index (κ1) is 17.2. The summed E-state index contributed by atoms with van der Waals surface area (Å²) in [6.45, 7) is 2.28. The van der Waals surface area contributed by atoms with Crippen molar-refractivity contribution in [3.63, 3.8) is 0 Å². The van der Waals surface area contributed by atoms with Crippen molar-refractivity contribution in [2.45, 2.75) is 31.8 Å². The molecular weight excluding hydrogens is 354 g/mol. The minimum absolute atomic E-state index is 0.0926. The Labute approximate surface area is 152 Å². The van der Waals surface area contributed by atoms with Crippen molar-refractivity contribution in [1.82, 2.24) is 24.0 Å². The van der Waals surface area contributed by atoms with Gasteiger partial charge in [0.1, 0.15) is 17.8 Å². The number of hydrogen-bond acceptors (Lipinski definition) is 6. The standard InChI is InChI=1S/C16H21N7O2S/c1-16(7-17)8-23(9-16)26(24,25)21-11-5-12(6-11)22(2)15-13-3-4-18-14(13)19-10-20-15/h3-4,10-12,21H,5-6,8-9H2,1-2H3,(H,18,19,20). The summed E-state index contributed by atoms with van der Waals surface area (Å²) in [5, 5.41) is 9.98. The highest BCUT2D eigenvalue weighted by molar-refractivity contribution is 7.87. The van der Waals surface area contributed by atoms with Gasteiger partial charge < -0.3 is 9.88 Å². The molecule has 138 valence electrons. The largest absolute Gasteiger partial charge is 0.356 e. The Bertz CT molecular complexity index is 968. The molecule has 0 unspecified atom stereocenters. The first-order valence-corrected chi connectivity index (χ1v) is 9.95. The van der Waals surface area contributed by atoms with Crippen LogP contribution < -0.4 is 9.62 Å². The number of H-pyrrole nitrogens is 1. The van der Waals surface area contributed by atoms with Gasteiger partial charge in [0, 0.05) is 38.4 Å². The van der Waals surface area contributed by atoms with Crippen molar-refractivity contribution in [2.75, 3.05) is 25.0 Å². The quantitative estimate of drug-likeness (QED) is 0.790. The van der Waals surface area contributed by atoms with Crippen LogP contribution in [0.5, 0.6) is 0 Å². The summed E-state index contributed by atoms with van der Waals surface area (Å²) in [6.07, 6.45) is 4.79. The predicted octanol–water partition coefficient (Wildman–Crippen LogP) is 0.605. The van der Waals surface area contributed by atoms with E-state index >= 15 is 0 Å². The second-order valence-corrected chi connectivity index (χ2v) is 9.14. The summed E-state index contributed by atoms with van der Waals surface area (Å²) in [4.78, 5) is 13.7. The highest BCUT2D eigenvalue weighted by atomic mass is 32.2. The van der Waals surface area contributed by atoms with E-state index in [0.717, 1.165) is 29.7 Å². The summed E-state index contributed by atoms with van der Waals surface area (Å²) >= 11 is 0. The molecule has 0 radical (unpaired) electrons. The lowest BCUT2D eigenvalue weighted by atomic mass is 9.86. The minimum atomic E-state index is -3.52. The third-order valence-corrected chi connectivity index (χ3v) is 6.87. The van der Waals surface area contributed by atoms with Crippen molar-refractivity contribution in [3.8, 4) is 6.07 Å². The summed E-state index contributed by atoms with van der Waals surface area (Å²) in [5.41, 5.74) is 0.225. The van der Waals surface area contributed by atoms with Crippen molar-refractivity contribution in [1.29, 1.82) is 5.26 Å². The van der Waals surface area contributed by atoms with Gasteiger partial charge >= 0.3 is 0 Å². The molecular formula is C16H21N7O2S. The molecule has 0 atom stereocenters. The third kappa shape index (κ3) is 2.82. The maximum Gasteiger partial charge on any atom is 0.279 e. The van der Waals surface area contributed by atoms with Crippen LogP contribution in [0.25, 0.3) is 11.0 Å². The molecule has 2 fully saturated rings. The van der Waals surface area contributed by atoms with E-state index in [0.29, 0.717) is 0 Å². The summed E-state index contributed by atoms with van der Waals surface area (Å²) in [7, 11) is -1.55. The van der Waals surface area contributed by atoms with Gasteiger partial charge in [-0.2, -0.15) is 22.7 Å². The van der Waals surface area contributed by atoms with Gasteiger partial charge in [-0.15, -0.1) is 0 Å². The van der Waals surface area contributed by atoms with Crippen molar-refractivity contribution in [2.24, 2.45) is 5.41 Å². The number of fused-ring (bicyclic) bond motifs is 1. The van der Waals surface area contributed by atoms with Crippen LogP contribution in [-0.4, -0.2) is 59.9 Å². The van der Waals surface area contributed by atoms with E-state index in [1.807, 2.05) is 19.3 Å². The predicted molar refractivity (Wildman–Crippen MR) is 96.5 cm³/mol. The molecule has 0 spiro atoms. The van der Waals surface area contributed by atoms with E-state index in [1.54, 1.807) is 6.92 Å². The van der Waals surface area contributed by atoms with Gasteiger partial charge in [-0.05, 0) is 25.8 Å². The van der Waals surface area contributed by atoms with Crippen LogP contribution >= 0.6 is 0 Å². The molecule has 26 heavy (non-hydrogen) atoms. The van der Waals surface area contributed by atoms with Crippen LogP contribution in [0.3, 0.4) is 0 Å². The fourth-order valence-electron chi connectivity index (χ4n) is 3.57. The Morgan fingerprint density at radius 2 is 2.15 bits per heavy atom. The van der Waals surface area contributed by atoms with Gasteiger partial charge in [-0.3, -0.25) is 0 Å². The molecule has 3 heterocycles. The maximum atomic E-state index is 12.4. The highest BCUT2D eigenvalue weighted by Crippen LogP contribution is 2.34. The molecule has 1 aliphatic heterocycles. The number of hydrogen-bond donors (Lipinski definition) is 2. The molecule has 2 N–H and O–H groups in total. The molecule has 10 heteroatoms. The smallest absolute Gasteiger partial charge is 0.279 e. The number of aromatic amines is 1. The molecule has 9 nitrogen and oxygen atoms in total. The lowest BCUT2D eigenvalue weighted by molar-refractivity contribution is 0.145. The minimum Gasteiger partial charge on any atom is -0.356 e. The van der Waals surface area contributed by atoms with Crippen molar-refractivity contribution in [3.05, 3.63) is 18.6 Å². The second kappa shape index (κ2) is 5.90. The first-order valence-electron chi connectivity index (χ1n) is 8.51. The van der Waals surface area contributed by atoms with Gasteiger partial charge in [0.05, 0.1) is 16.9 Å². The van der Waals surface area contributed by atoms with Crippen molar-refractivity contribution >= 4 is 27.1 Å². The average molecular weight is 375 g/mol. The second-order valence-electron chi connectivity index (χ2n) is 7.43.